The molecular weight excluding hydrogens is 330 g/mol. The monoisotopic (exact) mass is 353 g/mol. The van der Waals surface area contributed by atoms with Gasteiger partial charge in [0.15, 0.2) is 0 Å². The van der Waals surface area contributed by atoms with Crippen LogP contribution in [0, 0.1) is 10.8 Å². The van der Waals surface area contributed by atoms with E-state index in [9.17, 15) is 4.79 Å². The topological polar surface area (TPSA) is 49.3 Å². The van der Waals surface area contributed by atoms with E-state index in [4.69, 9.17) is 5.11 Å². The van der Waals surface area contributed by atoms with E-state index in [2.05, 4.69) is 48.9 Å². The van der Waals surface area contributed by atoms with E-state index < -0.39 is 5.97 Å². The van der Waals surface area contributed by atoms with Gasteiger partial charge in [0.2, 0.25) is 0 Å². The minimum Gasteiger partial charge on any atom is -0.478 e. The number of hydrogen-bond donors (Lipinski definition) is 2. The zero-order chi connectivity index (χ0) is 15.8. The molecule has 21 heavy (non-hydrogen) atoms. The van der Waals surface area contributed by atoms with Gasteiger partial charge < -0.3 is 10.4 Å². The van der Waals surface area contributed by atoms with Crippen molar-refractivity contribution in [3.63, 3.8) is 0 Å². The summed E-state index contributed by atoms with van der Waals surface area (Å²) < 4.78 is 0.791. The minimum atomic E-state index is -0.899. The van der Waals surface area contributed by atoms with Gasteiger partial charge in [-0.05, 0) is 48.3 Å². The summed E-state index contributed by atoms with van der Waals surface area (Å²) in [5.74, 6) is -0.899. The highest BCUT2D eigenvalue weighted by Crippen LogP contribution is 2.46. The fourth-order valence-corrected chi connectivity index (χ4v) is 4.47. The average molecular weight is 354 g/mol. The molecule has 0 unspecified atom stereocenters. The van der Waals surface area contributed by atoms with E-state index in [1.165, 1.54) is 6.42 Å². The molecule has 1 saturated carbocycles. The van der Waals surface area contributed by atoms with Crippen LogP contribution in [0.4, 0.5) is 5.69 Å². The second-order valence-electron chi connectivity index (χ2n) is 7.79. The Bertz CT molecular complexity index is 536. The number of halogens is 1. The second kappa shape index (κ2) is 5.64. The van der Waals surface area contributed by atoms with Gasteiger partial charge in [0.25, 0.3) is 0 Å². The molecule has 1 aliphatic carbocycles. The normalized spacial score (nSPS) is 21.0. The Kier molecular flexibility index (Phi) is 4.39. The predicted molar refractivity (Wildman–Crippen MR) is 89.9 cm³/mol. The van der Waals surface area contributed by atoms with Crippen molar-refractivity contribution in [1.82, 2.24) is 0 Å². The average Bonchev–Trinajstić information content (AvgIpc) is 2.22. The lowest BCUT2D eigenvalue weighted by molar-refractivity contribution is 0.0696. The zero-order valence-corrected chi connectivity index (χ0v) is 14.8. The van der Waals surface area contributed by atoms with Gasteiger partial charge in [-0.25, -0.2) is 4.79 Å². The molecule has 116 valence electrons. The van der Waals surface area contributed by atoms with Crippen molar-refractivity contribution in [3.8, 4) is 0 Å². The molecule has 0 atom stereocenters. The molecule has 4 heteroatoms. The summed E-state index contributed by atoms with van der Waals surface area (Å²) in [5.41, 5.74) is 1.80. The number of benzene rings is 1. The van der Waals surface area contributed by atoms with Gasteiger partial charge in [0, 0.05) is 16.2 Å². The molecule has 0 radical (unpaired) electrons. The Hall–Kier alpha value is -1.03. The van der Waals surface area contributed by atoms with Crippen LogP contribution in [0.2, 0.25) is 0 Å². The number of nitrogens with one attached hydrogen (secondary N) is 1. The molecule has 0 bridgehead atoms. The highest BCUT2D eigenvalue weighted by atomic mass is 79.9. The minimum absolute atomic E-state index is 0.307. The number of carbonyl (C=O) groups is 1. The molecule has 2 rings (SSSR count). The lowest BCUT2D eigenvalue weighted by Gasteiger charge is -2.45. The standard InChI is InChI=1S/C17H24BrNO2/c1-16(2)8-14(9-17(3,4)10-16)19-13-6-11(15(20)21)5-12(18)7-13/h5-7,14,19H,8-10H2,1-4H3,(H,20,21). The quantitative estimate of drug-likeness (QED) is 0.788. The van der Waals surface area contributed by atoms with Gasteiger partial charge in [-0.1, -0.05) is 43.6 Å². The molecule has 0 heterocycles. The molecule has 0 saturated heterocycles. The fraction of sp³-hybridized carbons (Fsp3) is 0.588. The van der Waals surface area contributed by atoms with Crippen LogP contribution in [-0.2, 0) is 0 Å². The first-order chi connectivity index (χ1) is 9.56. The van der Waals surface area contributed by atoms with Crippen LogP contribution >= 0.6 is 15.9 Å². The summed E-state index contributed by atoms with van der Waals surface area (Å²) in [5, 5.41) is 12.7. The van der Waals surface area contributed by atoms with E-state index in [0.717, 1.165) is 23.0 Å². The van der Waals surface area contributed by atoms with Crippen LogP contribution in [0.15, 0.2) is 22.7 Å². The lowest BCUT2D eigenvalue weighted by atomic mass is 9.63. The predicted octanol–water partition coefficient (Wildman–Crippen LogP) is 5.16. The Labute approximate surface area is 135 Å². The first-order valence-electron chi connectivity index (χ1n) is 7.37. The van der Waals surface area contributed by atoms with Gasteiger partial charge in [-0.3, -0.25) is 0 Å². The second-order valence-corrected chi connectivity index (χ2v) is 8.70. The Morgan fingerprint density at radius 3 is 2.29 bits per heavy atom. The highest BCUT2D eigenvalue weighted by molar-refractivity contribution is 9.10. The van der Waals surface area contributed by atoms with Crippen LogP contribution in [-0.4, -0.2) is 17.1 Å². The van der Waals surface area contributed by atoms with Crippen LogP contribution in [0.1, 0.15) is 57.3 Å². The van der Waals surface area contributed by atoms with Gasteiger partial charge >= 0.3 is 5.97 Å². The summed E-state index contributed by atoms with van der Waals surface area (Å²) in [7, 11) is 0. The van der Waals surface area contributed by atoms with Crippen molar-refractivity contribution in [2.45, 2.75) is 53.0 Å². The molecule has 0 aromatic heterocycles. The number of carboxylic acid groups (broad SMARTS) is 1. The largest absolute Gasteiger partial charge is 0.478 e. The molecule has 3 nitrogen and oxygen atoms in total. The summed E-state index contributed by atoms with van der Waals surface area (Å²) in [6.45, 7) is 9.25. The smallest absolute Gasteiger partial charge is 0.335 e. The van der Waals surface area contributed by atoms with E-state index in [1.54, 1.807) is 12.1 Å². The van der Waals surface area contributed by atoms with Crippen molar-refractivity contribution < 1.29 is 9.90 Å². The Morgan fingerprint density at radius 2 is 1.76 bits per heavy atom. The molecule has 1 aliphatic rings. The van der Waals surface area contributed by atoms with Crippen LogP contribution < -0.4 is 5.32 Å². The number of anilines is 1. The third-order valence-electron chi connectivity index (χ3n) is 4.07. The number of aromatic carboxylic acids is 1. The van der Waals surface area contributed by atoms with Gasteiger partial charge in [-0.2, -0.15) is 0 Å². The summed E-state index contributed by atoms with van der Waals surface area (Å²) >= 11 is 3.39. The van der Waals surface area contributed by atoms with Crippen molar-refractivity contribution >= 4 is 27.6 Å². The molecule has 0 aliphatic heterocycles. The van der Waals surface area contributed by atoms with E-state index in [1.807, 2.05) is 6.07 Å². The number of hydrogen-bond acceptors (Lipinski definition) is 2. The van der Waals surface area contributed by atoms with E-state index in [0.29, 0.717) is 22.4 Å². The molecule has 1 aromatic rings. The number of carboxylic acids is 1. The van der Waals surface area contributed by atoms with Crippen molar-refractivity contribution in [3.05, 3.63) is 28.2 Å². The molecule has 1 fully saturated rings. The zero-order valence-electron chi connectivity index (χ0n) is 13.2. The van der Waals surface area contributed by atoms with Crippen LogP contribution in [0.25, 0.3) is 0 Å². The van der Waals surface area contributed by atoms with Crippen molar-refractivity contribution in [2.75, 3.05) is 5.32 Å². The third kappa shape index (κ3) is 4.47. The maximum Gasteiger partial charge on any atom is 0.335 e. The molecule has 1 aromatic carbocycles. The Morgan fingerprint density at radius 1 is 1.19 bits per heavy atom. The first kappa shape index (κ1) is 16.3. The van der Waals surface area contributed by atoms with Gasteiger partial charge in [-0.15, -0.1) is 0 Å². The van der Waals surface area contributed by atoms with Crippen molar-refractivity contribution in [1.29, 1.82) is 0 Å². The molecular formula is C17H24BrNO2. The van der Waals surface area contributed by atoms with Crippen LogP contribution in [0.3, 0.4) is 0 Å². The SMILES string of the molecule is CC1(C)CC(Nc2cc(Br)cc(C(=O)O)c2)CC(C)(C)C1. The summed E-state index contributed by atoms with van der Waals surface area (Å²) in [4.78, 5) is 11.2. The fourth-order valence-electron chi connectivity index (χ4n) is 3.98. The van der Waals surface area contributed by atoms with Gasteiger partial charge in [0.1, 0.15) is 0 Å². The number of rotatable bonds is 3. The summed E-state index contributed by atoms with van der Waals surface area (Å²) in [6, 6.07) is 5.66. The van der Waals surface area contributed by atoms with Crippen LogP contribution in [0.5, 0.6) is 0 Å². The first-order valence-corrected chi connectivity index (χ1v) is 8.16. The van der Waals surface area contributed by atoms with Gasteiger partial charge in [0.05, 0.1) is 5.56 Å². The maximum absolute atomic E-state index is 11.2. The molecule has 0 amide bonds. The maximum atomic E-state index is 11.2. The lowest BCUT2D eigenvalue weighted by Crippen LogP contribution is -2.40. The highest BCUT2D eigenvalue weighted by Gasteiger charge is 2.38. The Balaban J connectivity index is 2.19. The summed E-state index contributed by atoms with van der Waals surface area (Å²) in [6.07, 6.45) is 3.42. The molecule has 2 N–H and O–H groups in total. The third-order valence-corrected chi connectivity index (χ3v) is 4.53. The van der Waals surface area contributed by atoms with E-state index >= 15 is 0 Å². The molecule has 0 spiro atoms. The van der Waals surface area contributed by atoms with E-state index in [-0.39, 0.29) is 0 Å². The van der Waals surface area contributed by atoms with Crippen molar-refractivity contribution in [2.24, 2.45) is 10.8 Å².